The molecular weight excluding hydrogens is 142 g/mol. The van der Waals surface area contributed by atoms with E-state index in [2.05, 4.69) is 15.3 Å². The third-order valence-electron chi connectivity index (χ3n) is 1.83. The maximum Gasteiger partial charge on any atom is 0.272 e. The molecule has 1 fully saturated rings. The normalized spacial score (nSPS) is 29.0. The topological polar surface area (TPSA) is 38.0 Å². The SMILES string of the molecule is [C-]#[N+]CC1=NC(C2CC2)ON1. The third kappa shape index (κ3) is 1.33. The molecule has 0 aromatic heterocycles. The summed E-state index contributed by atoms with van der Waals surface area (Å²) < 4.78 is 0. The van der Waals surface area contributed by atoms with Crippen LogP contribution in [0, 0.1) is 12.5 Å². The van der Waals surface area contributed by atoms with Gasteiger partial charge in [-0.25, -0.2) is 21.9 Å². The molecule has 4 nitrogen and oxygen atoms in total. The first-order valence-corrected chi connectivity index (χ1v) is 3.71. The molecule has 58 valence electrons. The molecule has 4 heteroatoms. The van der Waals surface area contributed by atoms with E-state index in [1.165, 1.54) is 12.8 Å². The molecule has 2 rings (SSSR count). The van der Waals surface area contributed by atoms with E-state index in [1.807, 2.05) is 0 Å². The molecule has 0 bridgehead atoms. The Labute approximate surface area is 65.0 Å². The predicted octanol–water partition coefficient (Wildman–Crippen LogP) is 0.575. The lowest BCUT2D eigenvalue weighted by Crippen LogP contribution is -2.20. The highest BCUT2D eigenvalue weighted by molar-refractivity contribution is 5.85. The molecule has 1 aliphatic carbocycles. The first kappa shape index (κ1) is 6.62. The molecule has 0 aromatic carbocycles. The van der Waals surface area contributed by atoms with Gasteiger partial charge in [0.25, 0.3) is 6.54 Å². The van der Waals surface area contributed by atoms with E-state index < -0.39 is 0 Å². The minimum Gasteiger partial charge on any atom is -0.308 e. The van der Waals surface area contributed by atoms with Crippen LogP contribution in [0.1, 0.15) is 12.8 Å². The first-order chi connectivity index (χ1) is 5.40. The van der Waals surface area contributed by atoms with Crippen molar-refractivity contribution < 1.29 is 4.84 Å². The Balaban J connectivity index is 1.93. The van der Waals surface area contributed by atoms with E-state index in [0.717, 1.165) is 0 Å². The van der Waals surface area contributed by atoms with Crippen molar-refractivity contribution in [2.24, 2.45) is 10.9 Å². The van der Waals surface area contributed by atoms with Crippen LogP contribution in [0.15, 0.2) is 4.99 Å². The van der Waals surface area contributed by atoms with E-state index in [-0.39, 0.29) is 6.23 Å². The zero-order valence-corrected chi connectivity index (χ0v) is 6.08. The maximum atomic E-state index is 6.60. The van der Waals surface area contributed by atoms with Crippen LogP contribution in [-0.2, 0) is 4.84 Å². The summed E-state index contributed by atoms with van der Waals surface area (Å²) in [5, 5.41) is 0. The Morgan fingerprint density at radius 2 is 2.55 bits per heavy atom. The molecule has 0 aromatic rings. The zero-order chi connectivity index (χ0) is 7.68. The van der Waals surface area contributed by atoms with Gasteiger partial charge < -0.3 is 4.85 Å². The van der Waals surface area contributed by atoms with E-state index in [4.69, 9.17) is 11.4 Å². The van der Waals surface area contributed by atoms with Gasteiger partial charge >= 0.3 is 0 Å². The predicted molar refractivity (Wildman–Crippen MR) is 39.6 cm³/mol. The maximum absolute atomic E-state index is 6.60. The van der Waals surface area contributed by atoms with Crippen molar-refractivity contribution in [3.8, 4) is 0 Å². The number of amidine groups is 1. The molecule has 0 saturated heterocycles. The fourth-order valence-electron chi connectivity index (χ4n) is 1.07. The highest BCUT2D eigenvalue weighted by atomic mass is 16.7. The van der Waals surface area contributed by atoms with E-state index in [9.17, 15) is 0 Å². The number of rotatable bonds is 2. The summed E-state index contributed by atoms with van der Waals surface area (Å²) in [4.78, 5) is 12.6. The van der Waals surface area contributed by atoms with Gasteiger partial charge in [0.1, 0.15) is 0 Å². The molecular formula is C7H9N3O. The Morgan fingerprint density at radius 1 is 1.73 bits per heavy atom. The lowest BCUT2D eigenvalue weighted by atomic mass is 10.4. The molecule has 1 atom stereocenters. The number of aliphatic imine (C=N–C) groups is 1. The van der Waals surface area contributed by atoms with E-state index in [0.29, 0.717) is 18.3 Å². The van der Waals surface area contributed by atoms with Crippen LogP contribution < -0.4 is 5.48 Å². The molecule has 1 N–H and O–H groups in total. The Morgan fingerprint density at radius 3 is 3.18 bits per heavy atom. The second-order valence-corrected chi connectivity index (χ2v) is 2.84. The van der Waals surface area contributed by atoms with Crippen LogP contribution >= 0.6 is 0 Å². The summed E-state index contributed by atoms with van der Waals surface area (Å²) in [5.41, 5.74) is 2.67. The van der Waals surface area contributed by atoms with Crippen molar-refractivity contribution in [2.45, 2.75) is 19.1 Å². The van der Waals surface area contributed by atoms with Crippen LogP contribution in [0.2, 0.25) is 0 Å². The summed E-state index contributed by atoms with van der Waals surface area (Å²) in [6.07, 6.45) is 2.41. The average Bonchev–Trinajstić information content (AvgIpc) is 2.75. The summed E-state index contributed by atoms with van der Waals surface area (Å²) in [7, 11) is 0. The van der Waals surface area contributed by atoms with Gasteiger partial charge in [-0.15, -0.1) is 0 Å². The molecule has 11 heavy (non-hydrogen) atoms. The second-order valence-electron chi connectivity index (χ2n) is 2.84. The molecule has 0 radical (unpaired) electrons. The molecule has 1 unspecified atom stereocenters. The van der Waals surface area contributed by atoms with Crippen LogP contribution in [0.25, 0.3) is 4.85 Å². The minimum atomic E-state index is -0.00764. The standard InChI is InChI=1S/C7H9N3O/c1-8-4-6-9-7(11-10-6)5-2-3-5/h5,7H,2-4H2,(H,9,10). The summed E-state index contributed by atoms with van der Waals surface area (Å²) in [6.45, 7) is 6.91. The van der Waals surface area contributed by atoms with Gasteiger partial charge in [0.2, 0.25) is 5.84 Å². The fraction of sp³-hybridized carbons (Fsp3) is 0.714. The highest BCUT2D eigenvalue weighted by Gasteiger charge is 2.35. The largest absolute Gasteiger partial charge is 0.308 e. The Kier molecular flexibility index (Phi) is 1.51. The van der Waals surface area contributed by atoms with E-state index >= 15 is 0 Å². The third-order valence-corrected chi connectivity index (χ3v) is 1.83. The van der Waals surface area contributed by atoms with Gasteiger partial charge in [-0.2, -0.15) is 0 Å². The van der Waals surface area contributed by atoms with Crippen molar-refractivity contribution in [1.29, 1.82) is 0 Å². The van der Waals surface area contributed by atoms with Crippen LogP contribution in [0.3, 0.4) is 0 Å². The van der Waals surface area contributed by atoms with Gasteiger partial charge in [-0.05, 0) is 12.8 Å². The van der Waals surface area contributed by atoms with Gasteiger partial charge in [-0.1, -0.05) is 0 Å². The Bertz CT molecular complexity index is 226. The Hall–Kier alpha value is -1.08. The van der Waals surface area contributed by atoms with Gasteiger partial charge in [0.05, 0.1) is 0 Å². The van der Waals surface area contributed by atoms with Crippen LogP contribution in [-0.4, -0.2) is 18.6 Å². The number of nitrogens with one attached hydrogen (secondary N) is 1. The quantitative estimate of drug-likeness (QED) is 0.586. The number of nitrogens with zero attached hydrogens (tertiary/aromatic N) is 2. The molecule has 0 spiro atoms. The average molecular weight is 151 g/mol. The van der Waals surface area contributed by atoms with Crippen molar-refractivity contribution in [3.63, 3.8) is 0 Å². The van der Waals surface area contributed by atoms with Crippen LogP contribution in [0.4, 0.5) is 0 Å². The molecule has 1 aliphatic heterocycles. The van der Waals surface area contributed by atoms with E-state index in [1.54, 1.807) is 0 Å². The van der Waals surface area contributed by atoms with Crippen molar-refractivity contribution >= 4 is 5.84 Å². The smallest absolute Gasteiger partial charge is 0.272 e. The van der Waals surface area contributed by atoms with Gasteiger partial charge in [0, 0.05) is 5.92 Å². The monoisotopic (exact) mass is 151 g/mol. The molecule has 0 amide bonds. The van der Waals surface area contributed by atoms with Gasteiger partial charge in [-0.3, -0.25) is 0 Å². The lowest BCUT2D eigenvalue weighted by molar-refractivity contribution is 0.0247. The summed E-state index contributed by atoms with van der Waals surface area (Å²) in [6, 6.07) is 0. The lowest BCUT2D eigenvalue weighted by Gasteiger charge is -2.00. The van der Waals surface area contributed by atoms with Crippen molar-refractivity contribution in [3.05, 3.63) is 11.4 Å². The minimum absolute atomic E-state index is 0.00764. The van der Waals surface area contributed by atoms with Gasteiger partial charge in [0.15, 0.2) is 6.23 Å². The summed E-state index contributed by atoms with van der Waals surface area (Å²) in [5.74, 6) is 1.28. The number of hydrogen-bond acceptors (Lipinski definition) is 3. The number of hydrogen-bond donors (Lipinski definition) is 1. The van der Waals surface area contributed by atoms with Crippen LogP contribution in [0.5, 0.6) is 0 Å². The van der Waals surface area contributed by atoms with Crippen molar-refractivity contribution in [1.82, 2.24) is 5.48 Å². The summed E-state index contributed by atoms with van der Waals surface area (Å²) >= 11 is 0. The second kappa shape index (κ2) is 2.51. The van der Waals surface area contributed by atoms with Crippen molar-refractivity contribution in [2.75, 3.05) is 6.54 Å². The fourth-order valence-corrected chi connectivity index (χ4v) is 1.07. The highest BCUT2D eigenvalue weighted by Crippen LogP contribution is 2.35. The zero-order valence-electron chi connectivity index (χ0n) is 6.08. The number of hydroxylamine groups is 1. The first-order valence-electron chi connectivity index (χ1n) is 3.71. The molecule has 1 heterocycles. The molecule has 2 aliphatic rings. The molecule has 1 saturated carbocycles.